The Kier molecular flexibility index (Phi) is 82.3. The zero-order valence-electron chi connectivity index (χ0n) is 64.2. The van der Waals surface area contributed by atoms with Crippen LogP contribution in [0.25, 0.3) is 0 Å². The molecule has 0 aromatic rings. The van der Waals surface area contributed by atoms with Gasteiger partial charge in [0, 0.05) is 12.8 Å². The average molecular weight is 1320 g/mol. The van der Waals surface area contributed by atoms with E-state index in [1.165, 1.54) is 430 Å². The number of ether oxygens (including phenoxy) is 1. The molecule has 94 heavy (non-hydrogen) atoms. The average Bonchev–Trinajstić information content (AvgIpc) is 3.37. The lowest BCUT2D eigenvalue weighted by Gasteiger charge is -2.22. The van der Waals surface area contributed by atoms with E-state index in [1.54, 1.807) is 0 Å². The lowest BCUT2D eigenvalue weighted by atomic mass is 10.0. The molecule has 0 heterocycles. The first-order chi connectivity index (χ1) is 46.5. The van der Waals surface area contributed by atoms with Gasteiger partial charge in [-0.15, -0.1) is 0 Å². The second-order valence-electron chi connectivity index (χ2n) is 30.2. The summed E-state index contributed by atoms with van der Waals surface area (Å²) in [6.07, 6.45) is 109. The Morgan fingerprint density at radius 2 is 0.500 bits per heavy atom. The van der Waals surface area contributed by atoms with E-state index in [9.17, 15) is 19.8 Å². The molecule has 0 saturated heterocycles. The Morgan fingerprint density at radius 1 is 0.287 bits per heavy atom. The van der Waals surface area contributed by atoms with Crippen LogP contribution in [-0.2, 0) is 14.3 Å². The molecule has 558 valence electrons. The third-order valence-corrected chi connectivity index (χ3v) is 20.7. The highest BCUT2D eigenvalue weighted by Crippen LogP contribution is 2.21. The third kappa shape index (κ3) is 79.3. The van der Waals surface area contributed by atoms with E-state index in [-0.39, 0.29) is 18.5 Å². The summed E-state index contributed by atoms with van der Waals surface area (Å²) in [6.45, 7) is 5.01. The van der Waals surface area contributed by atoms with Crippen molar-refractivity contribution in [3.63, 3.8) is 0 Å². The van der Waals surface area contributed by atoms with Gasteiger partial charge in [0.05, 0.1) is 25.4 Å². The predicted molar refractivity (Wildman–Crippen MR) is 417 cm³/mol. The van der Waals surface area contributed by atoms with Gasteiger partial charge < -0.3 is 20.3 Å². The topological polar surface area (TPSA) is 95.9 Å². The summed E-state index contributed by atoms with van der Waals surface area (Å²) in [6, 6.07) is -0.539. The third-order valence-electron chi connectivity index (χ3n) is 20.7. The standard InChI is InChI=1S/C88H171NO5/c1-3-5-7-9-11-13-15-17-19-21-23-45-48-52-56-60-64-68-72-76-80-86(91)85(84-90)89-87(92)81-77-73-69-65-61-57-53-49-46-43-41-39-37-35-33-31-29-27-25-24-26-28-30-32-34-36-38-40-42-44-47-51-55-59-63-67-71-75-79-83-94-88(93)82-78-74-70-66-62-58-54-50-22-20-18-16-14-12-10-8-6-4-2/h20,22,24-25,85-86,90-91H,3-19,21,23,26-84H2,1-2H3,(H,89,92)/b22-20-,25-24-. The second-order valence-corrected chi connectivity index (χ2v) is 30.2. The molecular formula is C88H171NO5. The zero-order chi connectivity index (χ0) is 67.7. The number of amides is 1. The van der Waals surface area contributed by atoms with Crippen molar-refractivity contribution in [2.24, 2.45) is 0 Å². The zero-order valence-corrected chi connectivity index (χ0v) is 64.2. The first kappa shape index (κ1) is 92.3. The van der Waals surface area contributed by atoms with Crippen LogP contribution in [0.5, 0.6) is 0 Å². The molecule has 2 unspecified atom stereocenters. The Morgan fingerprint density at radius 3 is 0.755 bits per heavy atom. The van der Waals surface area contributed by atoms with Gasteiger partial charge in [-0.1, -0.05) is 436 Å². The summed E-state index contributed by atoms with van der Waals surface area (Å²) >= 11 is 0. The van der Waals surface area contributed by atoms with Gasteiger partial charge in [0.2, 0.25) is 5.91 Å². The van der Waals surface area contributed by atoms with E-state index >= 15 is 0 Å². The van der Waals surface area contributed by atoms with Crippen LogP contribution in [0.15, 0.2) is 24.3 Å². The molecular weight excluding hydrogens is 1150 g/mol. The fraction of sp³-hybridized carbons (Fsp3) is 0.932. The molecule has 0 bridgehead atoms. The quantitative estimate of drug-likeness (QED) is 0.0320. The van der Waals surface area contributed by atoms with Gasteiger partial charge in [-0.2, -0.15) is 0 Å². The number of hydrogen-bond donors (Lipinski definition) is 3. The molecule has 0 spiro atoms. The van der Waals surface area contributed by atoms with Crippen molar-refractivity contribution >= 4 is 11.9 Å². The van der Waals surface area contributed by atoms with Crippen molar-refractivity contribution in [1.29, 1.82) is 0 Å². The summed E-state index contributed by atoms with van der Waals surface area (Å²) in [4.78, 5) is 24.7. The van der Waals surface area contributed by atoms with Crippen molar-refractivity contribution in [2.75, 3.05) is 13.2 Å². The van der Waals surface area contributed by atoms with E-state index < -0.39 is 12.1 Å². The molecule has 0 aliphatic carbocycles. The minimum absolute atomic E-state index is 0.0208. The van der Waals surface area contributed by atoms with E-state index in [1.807, 2.05) is 0 Å². The number of carbonyl (C=O) groups excluding carboxylic acids is 2. The maximum absolute atomic E-state index is 12.6. The van der Waals surface area contributed by atoms with E-state index in [2.05, 4.69) is 43.5 Å². The fourth-order valence-corrected chi connectivity index (χ4v) is 14.1. The van der Waals surface area contributed by atoms with E-state index in [4.69, 9.17) is 4.74 Å². The van der Waals surface area contributed by atoms with Gasteiger partial charge in [0.25, 0.3) is 0 Å². The number of aliphatic hydroxyl groups is 2. The van der Waals surface area contributed by atoms with Crippen LogP contribution in [0.1, 0.15) is 502 Å². The smallest absolute Gasteiger partial charge is 0.305 e. The molecule has 0 aliphatic heterocycles. The second kappa shape index (κ2) is 83.8. The van der Waals surface area contributed by atoms with Crippen LogP contribution in [0, 0.1) is 0 Å². The molecule has 0 fully saturated rings. The number of rotatable bonds is 83. The number of esters is 1. The van der Waals surface area contributed by atoms with Gasteiger partial charge in [-0.05, 0) is 77.0 Å². The lowest BCUT2D eigenvalue weighted by molar-refractivity contribution is -0.143. The van der Waals surface area contributed by atoms with Gasteiger partial charge in [-0.25, -0.2) is 0 Å². The van der Waals surface area contributed by atoms with Gasteiger partial charge in [-0.3, -0.25) is 9.59 Å². The van der Waals surface area contributed by atoms with E-state index in [0.29, 0.717) is 25.9 Å². The SMILES string of the molecule is CCCCCCCCC/C=C\CCCCCCCCCC(=O)OCCCCCCCCCCCCCCCCCCCC/C=C\CCCCCCCCCCCCCCCCCCCC(=O)NC(CO)C(O)CCCCCCCCCCCCCCCCCCCCCC. The Hall–Kier alpha value is -1.66. The van der Waals surface area contributed by atoms with Crippen molar-refractivity contribution < 1.29 is 24.5 Å². The summed E-state index contributed by atoms with van der Waals surface area (Å²) in [5, 5.41) is 23.5. The number of allylic oxidation sites excluding steroid dienone is 4. The molecule has 0 aromatic heterocycles. The summed E-state index contributed by atoms with van der Waals surface area (Å²) < 4.78 is 5.52. The molecule has 0 aliphatic rings. The first-order valence-electron chi connectivity index (χ1n) is 43.6. The van der Waals surface area contributed by atoms with E-state index in [0.717, 1.165) is 38.5 Å². The largest absolute Gasteiger partial charge is 0.466 e. The molecule has 3 N–H and O–H groups in total. The van der Waals surface area contributed by atoms with Crippen LogP contribution in [-0.4, -0.2) is 47.4 Å². The fourth-order valence-electron chi connectivity index (χ4n) is 14.1. The highest BCUT2D eigenvalue weighted by molar-refractivity contribution is 5.76. The molecule has 0 saturated carbocycles. The molecule has 1 amide bonds. The summed E-state index contributed by atoms with van der Waals surface area (Å²) in [5.41, 5.74) is 0. The van der Waals surface area contributed by atoms with Crippen LogP contribution < -0.4 is 5.32 Å². The molecule has 0 aromatic carbocycles. The number of nitrogens with one attached hydrogen (secondary N) is 1. The number of unbranched alkanes of at least 4 members (excludes halogenated alkanes) is 68. The monoisotopic (exact) mass is 1320 g/mol. The highest BCUT2D eigenvalue weighted by Gasteiger charge is 2.20. The first-order valence-corrected chi connectivity index (χ1v) is 43.6. The minimum atomic E-state index is -0.662. The number of hydrogen-bond acceptors (Lipinski definition) is 5. The number of aliphatic hydroxyl groups excluding tert-OH is 2. The van der Waals surface area contributed by atoms with Crippen molar-refractivity contribution in [3.8, 4) is 0 Å². The Balaban J connectivity index is 3.32. The molecule has 6 nitrogen and oxygen atoms in total. The molecule has 0 radical (unpaired) electrons. The summed E-state index contributed by atoms with van der Waals surface area (Å²) in [5.74, 6) is -0.00428. The maximum atomic E-state index is 12.6. The van der Waals surface area contributed by atoms with Gasteiger partial charge in [0.15, 0.2) is 0 Å². The Bertz CT molecular complexity index is 1480. The van der Waals surface area contributed by atoms with Gasteiger partial charge >= 0.3 is 5.97 Å². The molecule has 0 rings (SSSR count). The van der Waals surface area contributed by atoms with Crippen LogP contribution >= 0.6 is 0 Å². The lowest BCUT2D eigenvalue weighted by Crippen LogP contribution is -2.45. The maximum Gasteiger partial charge on any atom is 0.305 e. The van der Waals surface area contributed by atoms with Crippen molar-refractivity contribution in [3.05, 3.63) is 24.3 Å². The predicted octanol–water partition coefficient (Wildman–Crippen LogP) is 29.2. The van der Waals surface area contributed by atoms with Crippen LogP contribution in [0.3, 0.4) is 0 Å². The Labute approximate surface area is 590 Å². The minimum Gasteiger partial charge on any atom is -0.466 e. The number of carbonyl (C=O) groups is 2. The van der Waals surface area contributed by atoms with Gasteiger partial charge in [0.1, 0.15) is 0 Å². The van der Waals surface area contributed by atoms with Crippen LogP contribution in [0.2, 0.25) is 0 Å². The van der Waals surface area contributed by atoms with Crippen LogP contribution in [0.4, 0.5) is 0 Å². The summed E-state index contributed by atoms with van der Waals surface area (Å²) in [7, 11) is 0. The highest BCUT2D eigenvalue weighted by atomic mass is 16.5. The van der Waals surface area contributed by atoms with Crippen molar-refractivity contribution in [2.45, 2.75) is 514 Å². The molecule has 2 atom stereocenters. The molecule has 6 heteroatoms. The normalized spacial score (nSPS) is 12.5. The van der Waals surface area contributed by atoms with Crippen molar-refractivity contribution in [1.82, 2.24) is 5.32 Å².